The van der Waals surface area contributed by atoms with Crippen LogP contribution < -0.4 is 10.6 Å². The van der Waals surface area contributed by atoms with Crippen LogP contribution in [0.1, 0.15) is 52.9 Å². The maximum atomic E-state index is 11.6. The SMILES string of the molecule is CC[C@H](C[C@H]1CCCCN1)NC(=O)C(C)C. The highest BCUT2D eigenvalue weighted by atomic mass is 16.1. The quantitative estimate of drug-likeness (QED) is 0.753. The molecule has 94 valence electrons. The molecule has 0 radical (unpaired) electrons. The van der Waals surface area contributed by atoms with E-state index in [-0.39, 0.29) is 11.8 Å². The Labute approximate surface area is 99.4 Å². The molecule has 0 spiro atoms. The third kappa shape index (κ3) is 4.52. The van der Waals surface area contributed by atoms with Crippen molar-refractivity contribution in [3.63, 3.8) is 0 Å². The van der Waals surface area contributed by atoms with Crippen molar-refractivity contribution in [2.24, 2.45) is 5.92 Å². The normalized spacial score (nSPS) is 23.1. The van der Waals surface area contributed by atoms with Gasteiger partial charge in [-0.25, -0.2) is 0 Å². The molecule has 3 nitrogen and oxygen atoms in total. The largest absolute Gasteiger partial charge is 0.353 e. The van der Waals surface area contributed by atoms with Crippen LogP contribution in [-0.4, -0.2) is 24.5 Å². The predicted octanol–water partition coefficient (Wildman–Crippen LogP) is 2.07. The van der Waals surface area contributed by atoms with Gasteiger partial charge in [0.05, 0.1) is 0 Å². The van der Waals surface area contributed by atoms with E-state index in [0.29, 0.717) is 12.1 Å². The Hall–Kier alpha value is -0.570. The Morgan fingerprint density at radius 1 is 1.44 bits per heavy atom. The maximum absolute atomic E-state index is 11.6. The van der Waals surface area contributed by atoms with Crippen LogP contribution in [0.15, 0.2) is 0 Å². The molecule has 0 saturated carbocycles. The van der Waals surface area contributed by atoms with Gasteiger partial charge in [-0.2, -0.15) is 0 Å². The van der Waals surface area contributed by atoms with Gasteiger partial charge >= 0.3 is 0 Å². The van der Waals surface area contributed by atoms with Crippen LogP contribution in [0, 0.1) is 5.92 Å². The monoisotopic (exact) mass is 226 g/mol. The number of carbonyl (C=O) groups is 1. The summed E-state index contributed by atoms with van der Waals surface area (Å²) in [6, 6.07) is 0.941. The van der Waals surface area contributed by atoms with Gasteiger partial charge in [0.15, 0.2) is 0 Å². The van der Waals surface area contributed by atoms with Crippen LogP contribution in [-0.2, 0) is 4.79 Å². The zero-order chi connectivity index (χ0) is 12.0. The lowest BCUT2D eigenvalue weighted by Gasteiger charge is -2.28. The van der Waals surface area contributed by atoms with Crippen molar-refractivity contribution in [1.82, 2.24) is 10.6 Å². The van der Waals surface area contributed by atoms with Crippen molar-refractivity contribution < 1.29 is 4.79 Å². The predicted molar refractivity (Wildman–Crippen MR) is 67.3 cm³/mol. The third-order valence-corrected chi connectivity index (χ3v) is 3.34. The highest BCUT2D eigenvalue weighted by Crippen LogP contribution is 2.13. The van der Waals surface area contributed by atoms with Crippen molar-refractivity contribution in [2.45, 2.75) is 65.0 Å². The molecule has 0 unspecified atom stereocenters. The van der Waals surface area contributed by atoms with Gasteiger partial charge in [-0.3, -0.25) is 4.79 Å². The molecular formula is C13H26N2O. The number of rotatable bonds is 5. The highest BCUT2D eigenvalue weighted by molar-refractivity contribution is 5.78. The maximum Gasteiger partial charge on any atom is 0.222 e. The third-order valence-electron chi connectivity index (χ3n) is 3.34. The highest BCUT2D eigenvalue weighted by Gasteiger charge is 2.19. The van der Waals surface area contributed by atoms with E-state index < -0.39 is 0 Å². The van der Waals surface area contributed by atoms with Crippen molar-refractivity contribution in [1.29, 1.82) is 0 Å². The molecule has 1 fully saturated rings. The minimum absolute atomic E-state index is 0.0911. The summed E-state index contributed by atoms with van der Waals surface area (Å²) in [5.41, 5.74) is 0. The van der Waals surface area contributed by atoms with Gasteiger partial charge in [-0.05, 0) is 32.2 Å². The topological polar surface area (TPSA) is 41.1 Å². The molecule has 1 heterocycles. The molecule has 1 rings (SSSR count). The molecule has 1 saturated heterocycles. The van der Waals surface area contributed by atoms with Gasteiger partial charge in [0, 0.05) is 18.0 Å². The molecule has 1 aliphatic rings. The van der Waals surface area contributed by atoms with Crippen LogP contribution in [0.3, 0.4) is 0 Å². The van der Waals surface area contributed by atoms with Crippen molar-refractivity contribution in [3.05, 3.63) is 0 Å². The fraction of sp³-hybridized carbons (Fsp3) is 0.923. The molecule has 2 atom stereocenters. The molecule has 0 aromatic carbocycles. The van der Waals surface area contributed by atoms with Gasteiger partial charge in [-0.15, -0.1) is 0 Å². The smallest absolute Gasteiger partial charge is 0.222 e. The summed E-state index contributed by atoms with van der Waals surface area (Å²) in [5, 5.41) is 6.67. The Bertz CT molecular complexity index is 210. The number of hydrogen-bond donors (Lipinski definition) is 2. The molecule has 0 aromatic heterocycles. The zero-order valence-corrected chi connectivity index (χ0v) is 10.9. The van der Waals surface area contributed by atoms with Crippen LogP contribution in [0.5, 0.6) is 0 Å². The second-order valence-corrected chi connectivity index (χ2v) is 5.15. The van der Waals surface area contributed by atoms with E-state index in [1.165, 1.54) is 19.3 Å². The number of hydrogen-bond acceptors (Lipinski definition) is 2. The van der Waals surface area contributed by atoms with E-state index in [4.69, 9.17) is 0 Å². The van der Waals surface area contributed by atoms with E-state index in [1.807, 2.05) is 13.8 Å². The minimum atomic E-state index is 0.0911. The Morgan fingerprint density at radius 2 is 2.19 bits per heavy atom. The van der Waals surface area contributed by atoms with Crippen LogP contribution in [0.2, 0.25) is 0 Å². The van der Waals surface area contributed by atoms with E-state index in [9.17, 15) is 4.79 Å². The van der Waals surface area contributed by atoms with Crippen molar-refractivity contribution in [2.75, 3.05) is 6.54 Å². The first-order valence-corrected chi connectivity index (χ1v) is 6.67. The van der Waals surface area contributed by atoms with E-state index >= 15 is 0 Å². The summed E-state index contributed by atoms with van der Waals surface area (Å²) in [5.74, 6) is 0.274. The first kappa shape index (κ1) is 13.5. The fourth-order valence-electron chi connectivity index (χ4n) is 2.16. The molecule has 3 heteroatoms. The Morgan fingerprint density at radius 3 is 2.69 bits per heavy atom. The fourth-order valence-corrected chi connectivity index (χ4v) is 2.16. The van der Waals surface area contributed by atoms with Gasteiger partial charge in [0.2, 0.25) is 5.91 Å². The molecule has 0 bridgehead atoms. The summed E-state index contributed by atoms with van der Waals surface area (Å²) < 4.78 is 0. The lowest BCUT2D eigenvalue weighted by Crippen LogP contribution is -2.43. The van der Waals surface area contributed by atoms with Crippen LogP contribution >= 0.6 is 0 Å². The standard InChI is InChI=1S/C13H26N2O/c1-4-11(15-13(16)10(2)3)9-12-7-5-6-8-14-12/h10-12,14H,4-9H2,1-3H3,(H,15,16)/t11-,12-/m1/s1. The second-order valence-electron chi connectivity index (χ2n) is 5.15. The first-order valence-electron chi connectivity index (χ1n) is 6.67. The summed E-state index contributed by atoms with van der Waals surface area (Å²) in [7, 11) is 0. The number of piperidine rings is 1. The van der Waals surface area contributed by atoms with Crippen molar-refractivity contribution in [3.8, 4) is 0 Å². The molecular weight excluding hydrogens is 200 g/mol. The lowest BCUT2D eigenvalue weighted by atomic mass is 9.96. The van der Waals surface area contributed by atoms with Crippen LogP contribution in [0.4, 0.5) is 0 Å². The van der Waals surface area contributed by atoms with Gasteiger partial charge in [-0.1, -0.05) is 27.2 Å². The van der Waals surface area contributed by atoms with Gasteiger partial charge in [0.25, 0.3) is 0 Å². The second kappa shape index (κ2) is 6.89. The number of carbonyl (C=O) groups excluding carboxylic acids is 1. The lowest BCUT2D eigenvalue weighted by molar-refractivity contribution is -0.124. The number of amides is 1. The minimum Gasteiger partial charge on any atom is -0.353 e. The molecule has 1 amide bonds. The first-order chi connectivity index (χ1) is 7.63. The van der Waals surface area contributed by atoms with E-state index in [2.05, 4.69) is 17.6 Å². The summed E-state index contributed by atoms with van der Waals surface area (Å²) in [6.07, 6.45) is 5.98. The van der Waals surface area contributed by atoms with E-state index in [0.717, 1.165) is 19.4 Å². The average Bonchev–Trinajstić information content (AvgIpc) is 2.29. The molecule has 16 heavy (non-hydrogen) atoms. The summed E-state index contributed by atoms with van der Waals surface area (Å²) >= 11 is 0. The van der Waals surface area contributed by atoms with Crippen LogP contribution in [0.25, 0.3) is 0 Å². The summed E-state index contributed by atoms with van der Waals surface area (Å²) in [6.45, 7) is 7.18. The summed E-state index contributed by atoms with van der Waals surface area (Å²) in [4.78, 5) is 11.6. The van der Waals surface area contributed by atoms with E-state index in [1.54, 1.807) is 0 Å². The zero-order valence-electron chi connectivity index (χ0n) is 10.9. The molecule has 0 aromatic rings. The number of nitrogens with one attached hydrogen (secondary N) is 2. The molecule has 0 aliphatic carbocycles. The van der Waals surface area contributed by atoms with Crippen molar-refractivity contribution >= 4 is 5.91 Å². The Kier molecular flexibility index (Phi) is 5.81. The van der Waals surface area contributed by atoms with Gasteiger partial charge < -0.3 is 10.6 Å². The Balaban J connectivity index is 2.32. The molecule has 1 aliphatic heterocycles. The van der Waals surface area contributed by atoms with Gasteiger partial charge in [0.1, 0.15) is 0 Å². The molecule has 2 N–H and O–H groups in total. The average molecular weight is 226 g/mol.